The molecule has 0 aliphatic carbocycles. The van der Waals surface area contributed by atoms with Crippen molar-refractivity contribution in [3.05, 3.63) is 65.5 Å². The van der Waals surface area contributed by atoms with E-state index in [1.54, 1.807) is 18.3 Å². The Bertz CT molecular complexity index is 1020. The molecule has 2 aromatic rings. The van der Waals surface area contributed by atoms with Gasteiger partial charge in [-0.25, -0.2) is 4.98 Å². The van der Waals surface area contributed by atoms with Crippen LogP contribution in [0.25, 0.3) is 0 Å². The van der Waals surface area contributed by atoms with E-state index in [0.29, 0.717) is 24.0 Å². The minimum absolute atomic E-state index is 0.0353. The molecular weight excluding hydrogens is 382 g/mol. The Labute approximate surface area is 175 Å². The molecule has 156 valence electrons. The van der Waals surface area contributed by atoms with Gasteiger partial charge < -0.3 is 21.7 Å². The lowest BCUT2D eigenvalue weighted by Crippen LogP contribution is -2.47. The average Bonchev–Trinajstić information content (AvgIpc) is 2.67. The second-order valence-electron chi connectivity index (χ2n) is 7.52. The zero-order valence-electron chi connectivity index (χ0n) is 17.0. The molecule has 5 N–H and O–H groups in total. The third-order valence-electron chi connectivity index (χ3n) is 5.20. The molecule has 8 heteroatoms. The molecule has 2 heterocycles. The Kier molecular flexibility index (Phi) is 5.86. The van der Waals surface area contributed by atoms with E-state index in [4.69, 9.17) is 11.5 Å². The predicted octanol–water partition coefficient (Wildman–Crippen LogP) is 2.27. The molecule has 0 spiro atoms. The van der Waals surface area contributed by atoms with Gasteiger partial charge in [-0.3, -0.25) is 14.4 Å². The number of piperidine rings is 1. The summed E-state index contributed by atoms with van der Waals surface area (Å²) >= 11 is 0. The first-order valence-corrected chi connectivity index (χ1v) is 9.61. The van der Waals surface area contributed by atoms with E-state index < -0.39 is 5.91 Å². The number of anilines is 2. The van der Waals surface area contributed by atoms with E-state index in [-0.39, 0.29) is 35.0 Å². The van der Waals surface area contributed by atoms with E-state index in [1.807, 2.05) is 11.8 Å². The molecule has 8 nitrogen and oxygen atoms in total. The first-order chi connectivity index (χ1) is 14.2. The van der Waals surface area contributed by atoms with Crippen LogP contribution in [-0.2, 0) is 0 Å². The number of rotatable bonds is 5. The maximum absolute atomic E-state index is 12.6. The molecule has 1 saturated heterocycles. The lowest BCUT2D eigenvalue weighted by Gasteiger charge is -2.40. The number of primary amides is 1. The van der Waals surface area contributed by atoms with Crippen LogP contribution < -0.4 is 21.7 Å². The van der Waals surface area contributed by atoms with Crippen molar-refractivity contribution in [1.82, 2.24) is 10.3 Å². The molecule has 0 saturated carbocycles. The number of nitrogens with one attached hydrogen (secondary N) is 1. The quantitative estimate of drug-likeness (QED) is 0.515. The number of carbonyl (C=O) groups excluding carboxylic acids is 3. The van der Waals surface area contributed by atoms with E-state index in [1.165, 1.54) is 25.1 Å². The Morgan fingerprint density at radius 2 is 1.90 bits per heavy atom. The number of hydrogen-bond donors (Lipinski definition) is 3. The summed E-state index contributed by atoms with van der Waals surface area (Å²) in [5.74, 6) is -0.231. The van der Waals surface area contributed by atoms with Crippen LogP contribution >= 0.6 is 0 Å². The number of nitrogens with zero attached hydrogens (tertiary/aromatic N) is 2. The summed E-state index contributed by atoms with van der Waals surface area (Å²) < 4.78 is 0. The number of nitrogens with two attached hydrogens (primary N) is 2. The second kappa shape index (κ2) is 8.36. The minimum Gasteiger partial charge on any atom is -0.398 e. The number of aromatic nitrogens is 1. The van der Waals surface area contributed by atoms with Gasteiger partial charge in [0, 0.05) is 47.2 Å². The molecule has 0 bridgehead atoms. The van der Waals surface area contributed by atoms with Gasteiger partial charge in [-0.15, -0.1) is 0 Å². The molecule has 1 fully saturated rings. The highest BCUT2D eigenvalue weighted by atomic mass is 16.2. The van der Waals surface area contributed by atoms with Crippen molar-refractivity contribution in [2.75, 3.05) is 10.6 Å². The Morgan fingerprint density at radius 1 is 1.20 bits per heavy atom. The van der Waals surface area contributed by atoms with Gasteiger partial charge in [0.05, 0.1) is 5.56 Å². The fraction of sp³-hybridized carbons (Fsp3) is 0.273. The largest absolute Gasteiger partial charge is 0.398 e. The fourth-order valence-electron chi connectivity index (χ4n) is 3.73. The Morgan fingerprint density at radius 3 is 2.43 bits per heavy atom. The van der Waals surface area contributed by atoms with E-state index >= 15 is 0 Å². The molecule has 1 aromatic heterocycles. The van der Waals surface area contributed by atoms with Crippen molar-refractivity contribution >= 4 is 29.1 Å². The van der Waals surface area contributed by atoms with Crippen LogP contribution in [0.15, 0.2) is 48.8 Å². The van der Waals surface area contributed by atoms with E-state index in [9.17, 15) is 14.4 Å². The van der Waals surface area contributed by atoms with Crippen LogP contribution in [0.5, 0.6) is 0 Å². The third-order valence-corrected chi connectivity index (χ3v) is 5.20. The predicted molar refractivity (Wildman–Crippen MR) is 115 cm³/mol. The summed E-state index contributed by atoms with van der Waals surface area (Å²) in [6.07, 6.45) is 2.81. The van der Waals surface area contributed by atoms with Gasteiger partial charge in [0.2, 0.25) is 0 Å². The first kappa shape index (κ1) is 21.0. The summed E-state index contributed by atoms with van der Waals surface area (Å²) in [6, 6.07) is 7.93. The van der Waals surface area contributed by atoms with Crippen molar-refractivity contribution in [1.29, 1.82) is 0 Å². The van der Waals surface area contributed by atoms with Crippen molar-refractivity contribution in [2.45, 2.75) is 38.8 Å². The fourth-order valence-corrected chi connectivity index (χ4v) is 3.73. The zero-order chi connectivity index (χ0) is 22.0. The van der Waals surface area contributed by atoms with E-state index in [2.05, 4.69) is 16.9 Å². The van der Waals surface area contributed by atoms with Crippen LogP contribution in [0.3, 0.4) is 0 Å². The number of ketones is 1. The van der Waals surface area contributed by atoms with Crippen LogP contribution in [-0.4, -0.2) is 34.7 Å². The van der Waals surface area contributed by atoms with Gasteiger partial charge in [0.15, 0.2) is 5.78 Å². The zero-order valence-corrected chi connectivity index (χ0v) is 17.0. The normalized spacial score (nSPS) is 18.7. The number of Topliss-reactive ketones (excluding diaryl/α,β-unsaturated/α-hetero) is 1. The molecule has 30 heavy (non-hydrogen) atoms. The standard InChI is InChI=1S/C22H25N5O3/c1-12-8-17(26-22(30)15-4-6-18(21(24)29)19(23)10-15)9-13(2)27(12)20-7-5-16(11-25-20)14(3)28/h4-7,10-11,13,17H,1,8-9,23H2,2-3H3,(H2,24,29)(H,26,30). The van der Waals surface area contributed by atoms with E-state index in [0.717, 1.165) is 11.5 Å². The SMILES string of the molecule is C=C1CC(NC(=O)c2ccc(C(N)=O)c(N)c2)CC(C)N1c1ccc(C(C)=O)cn1. The molecule has 3 rings (SSSR count). The molecular formula is C22H25N5O3. The molecule has 2 unspecified atom stereocenters. The Balaban J connectivity index is 1.68. The smallest absolute Gasteiger partial charge is 0.251 e. The average molecular weight is 407 g/mol. The van der Waals surface area contributed by atoms with Gasteiger partial charge in [-0.1, -0.05) is 6.58 Å². The van der Waals surface area contributed by atoms with Crippen molar-refractivity contribution in [2.24, 2.45) is 5.73 Å². The van der Waals surface area contributed by atoms with Crippen molar-refractivity contribution in [3.8, 4) is 0 Å². The molecule has 1 aromatic carbocycles. The number of pyridine rings is 1. The van der Waals surface area contributed by atoms with Crippen LogP contribution in [0, 0.1) is 0 Å². The Hall–Kier alpha value is -3.68. The van der Waals surface area contributed by atoms with Crippen molar-refractivity contribution < 1.29 is 14.4 Å². The van der Waals surface area contributed by atoms with Gasteiger partial charge in [0.25, 0.3) is 11.8 Å². The topological polar surface area (TPSA) is 131 Å². The highest BCUT2D eigenvalue weighted by molar-refractivity contribution is 6.01. The maximum Gasteiger partial charge on any atom is 0.251 e. The minimum atomic E-state index is -0.637. The molecule has 1 aliphatic heterocycles. The van der Waals surface area contributed by atoms with Crippen LogP contribution in [0.2, 0.25) is 0 Å². The molecule has 2 amide bonds. The monoisotopic (exact) mass is 407 g/mol. The second-order valence-corrected chi connectivity index (χ2v) is 7.52. The molecule has 2 atom stereocenters. The van der Waals surface area contributed by atoms with Gasteiger partial charge in [-0.05, 0) is 50.6 Å². The number of benzene rings is 1. The maximum atomic E-state index is 12.6. The van der Waals surface area contributed by atoms with Gasteiger partial charge in [0.1, 0.15) is 5.82 Å². The van der Waals surface area contributed by atoms with Gasteiger partial charge >= 0.3 is 0 Å². The number of hydrogen-bond acceptors (Lipinski definition) is 6. The molecule has 1 aliphatic rings. The summed E-state index contributed by atoms with van der Waals surface area (Å²) in [4.78, 5) is 41.8. The highest BCUT2D eigenvalue weighted by Gasteiger charge is 2.30. The van der Waals surface area contributed by atoms with Crippen LogP contribution in [0.1, 0.15) is 57.8 Å². The summed E-state index contributed by atoms with van der Waals surface area (Å²) in [7, 11) is 0. The number of carbonyl (C=O) groups is 3. The summed E-state index contributed by atoms with van der Waals surface area (Å²) in [5.41, 5.74) is 13.2. The number of nitrogen functional groups attached to an aromatic ring is 1. The lowest BCUT2D eigenvalue weighted by molar-refractivity contribution is 0.0928. The molecule has 0 radical (unpaired) electrons. The first-order valence-electron chi connectivity index (χ1n) is 9.61. The van der Waals surface area contributed by atoms with Crippen LogP contribution in [0.4, 0.5) is 11.5 Å². The number of amides is 2. The summed E-state index contributed by atoms with van der Waals surface area (Å²) in [5, 5.41) is 3.00. The van der Waals surface area contributed by atoms with Gasteiger partial charge in [-0.2, -0.15) is 0 Å². The van der Waals surface area contributed by atoms with Crippen molar-refractivity contribution in [3.63, 3.8) is 0 Å². The summed E-state index contributed by atoms with van der Waals surface area (Å²) in [6.45, 7) is 7.68. The highest BCUT2D eigenvalue weighted by Crippen LogP contribution is 2.30. The third kappa shape index (κ3) is 4.32. The lowest BCUT2D eigenvalue weighted by atomic mass is 9.95.